The van der Waals surface area contributed by atoms with Crippen LogP contribution in [0.3, 0.4) is 0 Å². The van der Waals surface area contributed by atoms with Crippen LogP contribution in [-0.4, -0.2) is 63.0 Å². The van der Waals surface area contributed by atoms with Crippen LogP contribution in [0.5, 0.6) is 0 Å². The van der Waals surface area contributed by atoms with Crippen LogP contribution in [0.2, 0.25) is 0 Å². The van der Waals surface area contributed by atoms with Gasteiger partial charge in [0, 0.05) is 37.4 Å². The number of aryl methyl sites for hydroxylation is 2. The molecule has 25 heavy (non-hydrogen) atoms. The van der Waals surface area contributed by atoms with Gasteiger partial charge in [0.25, 0.3) is 5.91 Å². The first-order valence-corrected chi connectivity index (χ1v) is 8.69. The first-order chi connectivity index (χ1) is 12.0. The number of rotatable bonds is 3. The number of nitrogens with one attached hydrogen (secondary N) is 2. The van der Waals surface area contributed by atoms with Gasteiger partial charge in [-0.15, -0.1) is 0 Å². The highest BCUT2D eigenvalue weighted by Crippen LogP contribution is 2.20. The molecule has 2 aromatic heterocycles. The topological polar surface area (TPSA) is 91.6 Å². The van der Waals surface area contributed by atoms with Crippen molar-refractivity contribution in [2.24, 2.45) is 0 Å². The Hall–Kier alpha value is -2.48. The minimum Gasteiger partial charge on any atom is -0.352 e. The summed E-state index contributed by atoms with van der Waals surface area (Å²) in [4.78, 5) is 31.6. The summed E-state index contributed by atoms with van der Waals surface area (Å²) in [6.45, 7) is 5.42. The van der Waals surface area contributed by atoms with Gasteiger partial charge in [0.2, 0.25) is 5.91 Å². The van der Waals surface area contributed by atoms with Crippen LogP contribution >= 0.6 is 0 Å². The lowest BCUT2D eigenvalue weighted by Gasteiger charge is -2.35. The highest BCUT2D eigenvalue weighted by Gasteiger charge is 2.35. The molecule has 2 aromatic rings. The molecule has 0 bridgehead atoms. The quantitative estimate of drug-likeness (QED) is 0.822. The van der Waals surface area contributed by atoms with Crippen LogP contribution < -0.4 is 10.6 Å². The number of hydrogen-bond donors (Lipinski definition) is 2. The number of nitrogens with zero attached hydrogens (tertiary/aromatic N) is 4. The van der Waals surface area contributed by atoms with Crippen molar-refractivity contribution in [1.29, 1.82) is 0 Å². The van der Waals surface area contributed by atoms with Gasteiger partial charge in [0.1, 0.15) is 11.7 Å². The van der Waals surface area contributed by atoms with Gasteiger partial charge in [-0.3, -0.25) is 9.59 Å². The molecule has 3 heterocycles. The third-order valence-electron chi connectivity index (χ3n) is 4.68. The highest BCUT2D eigenvalue weighted by atomic mass is 16.2. The minimum atomic E-state index is -0.494. The molecule has 0 radical (unpaired) electrons. The molecular formula is C17H22N6O2. The Morgan fingerprint density at radius 1 is 1.28 bits per heavy atom. The highest BCUT2D eigenvalue weighted by molar-refractivity contribution is 5.97. The summed E-state index contributed by atoms with van der Waals surface area (Å²) in [6, 6.07) is 3.36. The fourth-order valence-electron chi connectivity index (χ4n) is 3.20. The van der Waals surface area contributed by atoms with E-state index in [1.165, 1.54) is 0 Å². The molecule has 8 nitrogen and oxygen atoms in total. The molecule has 1 saturated carbocycles. The lowest BCUT2D eigenvalue weighted by atomic mass is 10.1. The van der Waals surface area contributed by atoms with Crippen LogP contribution in [0, 0.1) is 13.8 Å². The van der Waals surface area contributed by atoms with Crippen molar-refractivity contribution in [2.75, 3.05) is 19.6 Å². The molecule has 1 aliphatic heterocycles. The van der Waals surface area contributed by atoms with E-state index in [1.807, 2.05) is 19.9 Å². The Morgan fingerprint density at radius 3 is 2.84 bits per heavy atom. The largest absolute Gasteiger partial charge is 0.352 e. The van der Waals surface area contributed by atoms with Crippen LogP contribution in [-0.2, 0) is 4.79 Å². The number of fused-ring (bicyclic) bond motifs is 1. The third-order valence-corrected chi connectivity index (χ3v) is 4.68. The van der Waals surface area contributed by atoms with Crippen molar-refractivity contribution in [3.05, 3.63) is 29.2 Å². The van der Waals surface area contributed by atoms with Crippen molar-refractivity contribution in [3.63, 3.8) is 0 Å². The van der Waals surface area contributed by atoms with E-state index in [0.717, 1.165) is 24.2 Å². The molecule has 0 aromatic carbocycles. The van der Waals surface area contributed by atoms with Crippen LogP contribution in [0.15, 0.2) is 12.1 Å². The number of carbonyl (C=O) groups is 2. The molecule has 1 aliphatic carbocycles. The zero-order chi connectivity index (χ0) is 17.6. The Kier molecular flexibility index (Phi) is 3.91. The number of carbonyl (C=O) groups excluding carboxylic acids is 2. The van der Waals surface area contributed by atoms with Gasteiger partial charge in [-0.2, -0.15) is 5.10 Å². The lowest BCUT2D eigenvalue weighted by Crippen LogP contribution is -2.59. The van der Waals surface area contributed by atoms with E-state index in [9.17, 15) is 9.59 Å². The predicted octanol–water partition coefficient (Wildman–Crippen LogP) is 0.0387. The van der Waals surface area contributed by atoms with Crippen LogP contribution in [0.4, 0.5) is 0 Å². The van der Waals surface area contributed by atoms with Gasteiger partial charge in [0.05, 0.1) is 5.69 Å². The number of amides is 2. The Balaban J connectivity index is 1.62. The van der Waals surface area contributed by atoms with E-state index in [1.54, 1.807) is 15.5 Å². The van der Waals surface area contributed by atoms with E-state index in [4.69, 9.17) is 0 Å². The van der Waals surface area contributed by atoms with E-state index in [0.29, 0.717) is 31.0 Å². The summed E-state index contributed by atoms with van der Waals surface area (Å²) < 4.78 is 1.72. The number of piperazine rings is 1. The average molecular weight is 342 g/mol. The molecule has 1 saturated heterocycles. The first-order valence-electron chi connectivity index (χ1n) is 8.69. The van der Waals surface area contributed by atoms with Gasteiger partial charge in [-0.1, -0.05) is 0 Å². The number of aromatic nitrogens is 3. The summed E-state index contributed by atoms with van der Waals surface area (Å²) in [7, 11) is 0. The summed E-state index contributed by atoms with van der Waals surface area (Å²) >= 11 is 0. The predicted molar refractivity (Wildman–Crippen MR) is 91.3 cm³/mol. The van der Waals surface area contributed by atoms with E-state index in [2.05, 4.69) is 20.7 Å². The number of hydrogen-bond acceptors (Lipinski definition) is 5. The standard InChI is InChI=1S/C17H22N6O2/c1-10-7-15-20-13(8-11(2)23(15)21-10)17(25)22-6-5-18-9-14(22)16(24)19-12-3-4-12/h7-8,12,14,18H,3-6,9H2,1-2H3,(H,19,24)/t14-/m1/s1. The van der Waals surface area contributed by atoms with Gasteiger partial charge in [-0.25, -0.2) is 9.50 Å². The van der Waals surface area contributed by atoms with Crippen molar-refractivity contribution in [1.82, 2.24) is 30.1 Å². The maximum absolute atomic E-state index is 13.0. The second kappa shape index (κ2) is 6.11. The first kappa shape index (κ1) is 16.0. The Labute approximate surface area is 145 Å². The second-order valence-electron chi connectivity index (χ2n) is 6.84. The SMILES string of the molecule is Cc1cc2nc(C(=O)N3CCNC[C@@H]3C(=O)NC3CC3)cc(C)n2n1. The minimum absolute atomic E-state index is 0.0824. The lowest BCUT2D eigenvalue weighted by molar-refractivity contribution is -0.126. The molecule has 1 atom stereocenters. The van der Waals surface area contributed by atoms with Crippen LogP contribution in [0.1, 0.15) is 34.7 Å². The van der Waals surface area contributed by atoms with Crippen molar-refractivity contribution in [3.8, 4) is 0 Å². The summed E-state index contributed by atoms with van der Waals surface area (Å²) in [5.41, 5.74) is 2.70. The van der Waals surface area contributed by atoms with Gasteiger partial charge >= 0.3 is 0 Å². The van der Waals surface area contributed by atoms with Crippen molar-refractivity contribution in [2.45, 2.75) is 38.8 Å². The summed E-state index contributed by atoms with van der Waals surface area (Å²) in [5.74, 6) is -0.289. The van der Waals surface area contributed by atoms with E-state index < -0.39 is 6.04 Å². The Bertz CT molecular complexity index is 841. The molecule has 2 fully saturated rings. The molecule has 8 heteroatoms. The van der Waals surface area contributed by atoms with E-state index in [-0.39, 0.29) is 17.9 Å². The van der Waals surface area contributed by atoms with Gasteiger partial charge in [-0.05, 0) is 32.8 Å². The van der Waals surface area contributed by atoms with Crippen LogP contribution in [0.25, 0.3) is 5.65 Å². The molecule has 132 valence electrons. The monoisotopic (exact) mass is 342 g/mol. The molecular weight excluding hydrogens is 320 g/mol. The van der Waals surface area contributed by atoms with E-state index >= 15 is 0 Å². The smallest absolute Gasteiger partial charge is 0.273 e. The third kappa shape index (κ3) is 3.09. The van der Waals surface area contributed by atoms with Crippen molar-refractivity contribution < 1.29 is 9.59 Å². The summed E-state index contributed by atoms with van der Waals surface area (Å²) in [6.07, 6.45) is 2.05. The average Bonchev–Trinajstić information content (AvgIpc) is 3.32. The van der Waals surface area contributed by atoms with Gasteiger partial charge in [0.15, 0.2) is 5.65 Å². The normalized spacial score (nSPS) is 20.7. The molecule has 2 N–H and O–H groups in total. The fourth-order valence-corrected chi connectivity index (χ4v) is 3.20. The molecule has 0 spiro atoms. The molecule has 2 amide bonds. The molecule has 2 aliphatic rings. The second-order valence-corrected chi connectivity index (χ2v) is 6.84. The molecule has 0 unspecified atom stereocenters. The van der Waals surface area contributed by atoms with Crippen molar-refractivity contribution >= 4 is 17.5 Å². The maximum Gasteiger partial charge on any atom is 0.273 e. The van der Waals surface area contributed by atoms with Gasteiger partial charge < -0.3 is 15.5 Å². The Morgan fingerprint density at radius 2 is 2.08 bits per heavy atom. The zero-order valence-electron chi connectivity index (χ0n) is 14.5. The zero-order valence-corrected chi connectivity index (χ0v) is 14.5. The fraction of sp³-hybridized carbons (Fsp3) is 0.529. The molecule has 4 rings (SSSR count). The maximum atomic E-state index is 13.0. The summed E-state index contributed by atoms with van der Waals surface area (Å²) in [5, 5.41) is 10.6.